The normalized spacial score (nSPS) is 13.6. The van der Waals surface area contributed by atoms with E-state index in [1.807, 2.05) is 0 Å². The molecule has 1 unspecified atom stereocenters. The van der Waals surface area contributed by atoms with Crippen molar-refractivity contribution in [3.8, 4) is 0 Å². The summed E-state index contributed by atoms with van der Waals surface area (Å²) in [5.74, 6) is 0.770. The van der Waals surface area contributed by atoms with E-state index >= 15 is 0 Å². The maximum atomic E-state index is 10.2. The first-order valence-electron chi connectivity index (χ1n) is 7.70. The number of carbonyl (C=O) groups is 1. The summed E-state index contributed by atoms with van der Waals surface area (Å²) < 4.78 is 6.14. The highest BCUT2D eigenvalue weighted by Crippen LogP contribution is 2.20. The van der Waals surface area contributed by atoms with Gasteiger partial charge in [-0.15, -0.1) is 0 Å². The number of rotatable bonds is 11. The lowest BCUT2D eigenvalue weighted by Crippen LogP contribution is -2.27. The first-order valence-corrected chi connectivity index (χ1v) is 7.70. The Kier molecular flexibility index (Phi) is 9.94. The summed E-state index contributed by atoms with van der Waals surface area (Å²) >= 11 is 0. The van der Waals surface area contributed by atoms with Crippen molar-refractivity contribution in [2.24, 2.45) is 5.92 Å². The molecule has 1 N–H and O–H groups in total. The second kappa shape index (κ2) is 10.2. The second-order valence-corrected chi connectivity index (χ2v) is 6.74. The first-order chi connectivity index (χ1) is 8.85. The second-order valence-electron chi connectivity index (χ2n) is 6.74. The number of nitrogens with one attached hydrogen (secondary N) is 1. The largest absolute Gasteiger partial charge is 0.373 e. The van der Waals surface area contributed by atoms with E-state index in [4.69, 9.17) is 4.74 Å². The number of hydrogen-bond acceptors (Lipinski definition) is 2. The predicted octanol–water partition coefficient (Wildman–Crippen LogP) is 3.91. The maximum absolute atomic E-state index is 10.2. The molecule has 0 aromatic rings. The van der Waals surface area contributed by atoms with Crippen LogP contribution in [0.4, 0.5) is 0 Å². The molecule has 0 spiro atoms. The summed E-state index contributed by atoms with van der Waals surface area (Å²) in [4.78, 5) is 10.2. The summed E-state index contributed by atoms with van der Waals surface area (Å²) in [6.07, 6.45) is 8.03. The van der Waals surface area contributed by atoms with Gasteiger partial charge in [-0.2, -0.15) is 0 Å². The molecule has 0 aliphatic carbocycles. The molecule has 19 heavy (non-hydrogen) atoms. The standard InChI is InChI=1S/C16H33NO2/c1-14(2)9-8-11-15(19-16(3,4)5)10-6-7-12-17-13-18/h13-15H,6-12H2,1-5H3,(H,17,18). The predicted molar refractivity (Wildman–Crippen MR) is 81.2 cm³/mol. The van der Waals surface area contributed by atoms with Gasteiger partial charge in [0.1, 0.15) is 0 Å². The van der Waals surface area contributed by atoms with E-state index in [1.54, 1.807) is 0 Å². The van der Waals surface area contributed by atoms with Gasteiger partial charge in [0.2, 0.25) is 6.41 Å². The van der Waals surface area contributed by atoms with Crippen molar-refractivity contribution in [3.05, 3.63) is 0 Å². The third kappa shape index (κ3) is 13.7. The zero-order valence-electron chi connectivity index (χ0n) is 13.5. The minimum atomic E-state index is -0.0659. The van der Waals surface area contributed by atoms with Gasteiger partial charge in [-0.3, -0.25) is 4.79 Å². The molecular weight excluding hydrogens is 238 g/mol. The maximum Gasteiger partial charge on any atom is 0.207 e. The lowest BCUT2D eigenvalue weighted by atomic mass is 10.0. The van der Waals surface area contributed by atoms with E-state index in [-0.39, 0.29) is 5.60 Å². The Morgan fingerprint density at radius 2 is 1.68 bits per heavy atom. The number of hydrogen-bond donors (Lipinski definition) is 1. The molecule has 0 rings (SSSR count). The summed E-state index contributed by atoms with van der Waals surface area (Å²) in [5.41, 5.74) is -0.0659. The molecule has 1 amide bonds. The minimum absolute atomic E-state index is 0.0659. The highest BCUT2D eigenvalue weighted by Gasteiger charge is 2.18. The van der Waals surface area contributed by atoms with E-state index in [2.05, 4.69) is 39.9 Å². The molecule has 0 aromatic heterocycles. The molecule has 0 saturated carbocycles. The van der Waals surface area contributed by atoms with Gasteiger partial charge in [-0.25, -0.2) is 0 Å². The van der Waals surface area contributed by atoms with Crippen LogP contribution in [0.3, 0.4) is 0 Å². The van der Waals surface area contributed by atoms with Gasteiger partial charge in [0.25, 0.3) is 0 Å². The van der Waals surface area contributed by atoms with E-state index < -0.39 is 0 Å². The van der Waals surface area contributed by atoms with Gasteiger partial charge in [-0.05, 0) is 52.4 Å². The van der Waals surface area contributed by atoms with E-state index in [0.717, 1.165) is 44.6 Å². The van der Waals surface area contributed by atoms with Crippen LogP contribution in [0.25, 0.3) is 0 Å². The van der Waals surface area contributed by atoms with E-state index in [0.29, 0.717) is 6.10 Å². The molecule has 114 valence electrons. The van der Waals surface area contributed by atoms with Crippen LogP contribution in [0, 0.1) is 5.92 Å². The van der Waals surface area contributed by atoms with Crippen molar-refractivity contribution >= 4 is 6.41 Å². The van der Waals surface area contributed by atoms with Crippen LogP contribution in [0.1, 0.15) is 73.1 Å². The van der Waals surface area contributed by atoms with Gasteiger partial charge in [-0.1, -0.05) is 26.7 Å². The Balaban J connectivity index is 3.93. The number of carbonyl (C=O) groups excluding carboxylic acids is 1. The van der Waals surface area contributed by atoms with E-state index in [1.165, 1.54) is 12.8 Å². The molecule has 3 nitrogen and oxygen atoms in total. The Labute approximate surface area is 119 Å². The van der Waals surface area contributed by atoms with Crippen LogP contribution in [-0.4, -0.2) is 24.7 Å². The number of amides is 1. The molecule has 0 fully saturated rings. The fourth-order valence-electron chi connectivity index (χ4n) is 2.17. The monoisotopic (exact) mass is 271 g/mol. The van der Waals surface area contributed by atoms with Crippen molar-refractivity contribution in [2.75, 3.05) is 6.54 Å². The molecular formula is C16H33NO2. The van der Waals surface area contributed by atoms with Crippen LogP contribution in [0.2, 0.25) is 0 Å². The van der Waals surface area contributed by atoms with Gasteiger partial charge in [0.15, 0.2) is 0 Å². The summed E-state index contributed by atoms with van der Waals surface area (Å²) in [6, 6.07) is 0. The average Bonchev–Trinajstić information content (AvgIpc) is 2.26. The number of ether oxygens (including phenoxy) is 1. The van der Waals surface area contributed by atoms with Gasteiger partial charge < -0.3 is 10.1 Å². The van der Waals surface area contributed by atoms with E-state index in [9.17, 15) is 4.79 Å². The smallest absolute Gasteiger partial charge is 0.207 e. The molecule has 1 atom stereocenters. The molecule has 0 heterocycles. The summed E-state index contributed by atoms with van der Waals surface area (Å²) in [6.45, 7) is 11.7. The van der Waals surface area contributed by atoms with Crippen LogP contribution >= 0.6 is 0 Å². The topological polar surface area (TPSA) is 38.3 Å². The Bertz CT molecular complexity index is 221. The van der Waals surface area contributed by atoms with Crippen molar-refractivity contribution in [1.82, 2.24) is 5.32 Å². The first kappa shape index (κ1) is 18.4. The molecule has 0 bridgehead atoms. The van der Waals surface area contributed by atoms with Crippen LogP contribution in [0.5, 0.6) is 0 Å². The fourth-order valence-corrected chi connectivity index (χ4v) is 2.17. The number of unbranched alkanes of at least 4 members (excludes halogenated alkanes) is 1. The van der Waals surface area contributed by atoms with Gasteiger partial charge >= 0.3 is 0 Å². The van der Waals surface area contributed by atoms with Crippen molar-refractivity contribution in [1.29, 1.82) is 0 Å². The third-order valence-electron chi connectivity index (χ3n) is 3.01. The molecule has 3 heteroatoms. The van der Waals surface area contributed by atoms with Crippen molar-refractivity contribution in [2.45, 2.75) is 84.8 Å². The molecule has 0 aliphatic heterocycles. The lowest BCUT2D eigenvalue weighted by Gasteiger charge is -2.28. The quantitative estimate of drug-likeness (QED) is 0.457. The minimum Gasteiger partial charge on any atom is -0.373 e. The SMILES string of the molecule is CC(C)CCCC(CCCCNC=O)OC(C)(C)C. The molecule has 0 radical (unpaired) electrons. The van der Waals surface area contributed by atoms with Crippen molar-refractivity contribution in [3.63, 3.8) is 0 Å². The summed E-state index contributed by atoms with van der Waals surface area (Å²) in [5, 5.41) is 2.71. The molecule has 0 saturated heterocycles. The highest BCUT2D eigenvalue weighted by atomic mass is 16.5. The lowest BCUT2D eigenvalue weighted by molar-refractivity contribution is -0.109. The van der Waals surface area contributed by atoms with Crippen LogP contribution in [-0.2, 0) is 9.53 Å². The third-order valence-corrected chi connectivity index (χ3v) is 3.01. The Hall–Kier alpha value is -0.570. The van der Waals surface area contributed by atoms with Gasteiger partial charge in [0, 0.05) is 6.54 Å². The highest BCUT2D eigenvalue weighted by molar-refractivity contribution is 5.45. The van der Waals surface area contributed by atoms with Crippen molar-refractivity contribution < 1.29 is 9.53 Å². The Morgan fingerprint density at radius 1 is 1.05 bits per heavy atom. The van der Waals surface area contributed by atoms with Crippen LogP contribution in [0.15, 0.2) is 0 Å². The van der Waals surface area contributed by atoms with Gasteiger partial charge in [0.05, 0.1) is 11.7 Å². The summed E-state index contributed by atoms with van der Waals surface area (Å²) in [7, 11) is 0. The zero-order chi connectivity index (χ0) is 14.7. The Morgan fingerprint density at radius 3 is 2.21 bits per heavy atom. The molecule has 0 aromatic carbocycles. The van der Waals surface area contributed by atoms with Crippen LogP contribution < -0.4 is 5.32 Å². The fraction of sp³-hybridized carbons (Fsp3) is 0.938. The molecule has 0 aliphatic rings. The average molecular weight is 271 g/mol. The zero-order valence-corrected chi connectivity index (χ0v) is 13.5.